The largest absolute Gasteiger partial charge is 0.465 e. The van der Waals surface area contributed by atoms with Crippen LogP contribution in [-0.2, 0) is 9.53 Å². The van der Waals surface area contributed by atoms with Gasteiger partial charge in [-0.15, -0.1) is 0 Å². The third kappa shape index (κ3) is 2.53. The van der Waals surface area contributed by atoms with Gasteiger partial charge in [-0.3, -0.25) is 4.79 Å². The Balaban J connectivity index is 2.32. The zero-order valence-electron chi connectivity index (χ0n) is 7.32. The van der Waals surface area contributed by atoms with E-state index in [1.165, 1.54) is 0 Å². The molecule has 1 aliphatic carbocycles. The SMILES string of the molecule is CCCOC(=O)C1C=CC=CC1. The van der Waals surface area contributed by atoms with E-state index in [9.17, 15) is 4.79 Å². The van der Waals surface area contributed by atoms with Gasteiger partial charge in [0.05, 0.1) is 12.5 Å². The van der Waals surface area contributed by atoms with Gasteiger partial charge in [0, 0.05) is 0 Å². The molecule has 0 amide bonds. The van der Waals surface area contributed by atoms with E-state index >= 15 is 0 Å². The third-order valence-corrected chi connectivity index (χ3v) is 1.73. The first-order valence-corrected chi connectivity index (χ1v) is 4.34. The molecule has 1 aliphatic rings. The van der Waals surface area contributed by atoms with Crippen molar-refractivity contribution in [3.05, 3.63) is 24.3 Å². The van der Waals surface area contributed by atoms with Gasteiger partial charge in [-0.1, -0.05) is 31.2 Å². The average Bonchev–Trinajstić information content (AvgIpc) is 2.15. The van der Waals surface area contributed by atoms with Crippen LogP contribution in [-0.4, -0.2) is 12.6 Å². The summed E-state index contributed by atoms with van der Waals surface area (Å²) < 4.78 is 5.01. The van der Waals surface area contributed by atoms with Gasteiger partial charge in [-0.05, 0) is 12.8 Å². The molecule has 2 nitrogen and oxygen atoms in total. The summed E-state index contributed by atoms with van der Waals surface area (Å²) in [4.78, 5) is 11.2. The number of allylic oxidation sites excluding steroid dienone is 3. The predicted molar refractivity (Wildman–Crippen MR) is 47.6 cm³/mol. The zero-order valence-corrected chi connectivity index (χ0v) is 7.32. The first kappa shape index (κ1) is 9.04. The van der Waals surface area contributed by atoms with Gasteiger partial charge in [-0.2, -0.15) is 0 Å². The molecule has 2 heteroatoms. The Bertz CT molecular complexity index is 204. The molecule has 0 saturated heterocycles. The molecule has 0 aromatic heterocycles. The van der Waals surface area contributed by atoms with Crippen molar-refractivity contribution in [2.45, 2.75) is 19.8 Å². The minimum absolute atomic E-state index is 0.0541. The second-order valence-electron chi connectivity index (χ2n) is 2.82. The van der Waals surface area contributed by atoms with Gasteiger partial charge >= 0.3 is 5.97 Å². The lowest BCUT2D eigenvalue weighted by atomic mass is 10.0. The molecule has 12 heavy (non-hydrogen) atoms. The molecule has 1 rings (SSSR count). The van der Waals surface area contributed by atoms with Crippen molar-refractivity contribution in [1.29, 1.82) is 0 Å². The van der Waals surface area contributed by atoms with Crippen molar-refractivity contribution in [2.24, 2.45) is 5.92 Å². The fourth-order valence-electron chi connectivity index (χ4n) is 1.07. The summed E-state index contributed by atoms with van der Waals surface area (Å²) >= 11 is 0. The van der Waals surface area contributed by atoms with Crippen LogP contribution >= 0.6 is 0 Å². The molecule has 0 spiro atoms. The lowest BCUT2D eigenvalue weighted by molar-refractivity contribution is -0.146. The molecular weight excluding hydrogens is 152 g/mol. The molecule has 1 atom stereocenters. The fraction of sp³-hybridized carbons (Fsp3) is 0.500. The van der Waals surface area contributed by atoms with Crippen molar-refractivity contribution >= 4 is 5.97 Å². The van der Waals surface area contributed by atoms with E-state index in [1.807, 2.05) is 31.2 Å². The number of rotatable bonds is 3. The molecular formula is C10H14O2. The van der Waals surface area contributed by atoms with Crippen molar-refractivity contribution in [3.8, 4) is 0 Å². The number of carbonyl (C=O) groups is 1. The number of ether oxygens (including phenoxy) is 1. The first-order valence-electron chi connectivity index (χ1n) is 4.34. The zero-order chi connectivity index (χ0) is 8.81. The molecule has 0 N–H and O–H groups in total. The summed E-state index contributed by atoms with van der Waals surface area (Å²) in [5.41, 5.74) is 0. The maximum Gasteiger partial charge on any atom is 0.313 e. The quantitative estimate of drug-likeness (QED) is 0.600. The molecule has 0 heterocycles. The Hall–Kier alpha value is -1.05. The number of hydrogen-bond donors (Lipinski definition) is 0. The lowest BCUT2D eigenvalue weighted by Gasteiger charge is -2.11. The first-order chi connectivity index (χ1) is 5.84. The Kier molecular flexibility index (Phi) is 3.58. The standard InChI is InChI=1S/C10H14O2/c1-2-8-12-10(11)9-6-4-3-5-7-9/h3-6,9H,2,7-8H2,1H3. The molecule has 0 saturated carbocycles. The second kappa shape index (κ2) is 4.75. The average molecular weight is 166 g/mol. The molecule has 1 unspecified atom stereocenters. The van der Waals surface area contributed by atoms with E-state index in [2.05, 4.69) is 0 Å². The van der Waals surface area contributed by atoms with Crippen LogP contribution in [0.5, 0.6) is 0 Å². The van der Waals surface area contributed by atoms with Crippen LogP contribution in [0.25, 0.3) is 0 Å². The molecule has 0 bridgehead atoms. The summed E-state index contributed by atoms with van der Waals surface area (Å²) in [6.07, 6.45) is 9.37. The Morgan fingerprint density at radius 1 is 1.58 bits per heavy atom. The van der Waals surface area contributed by atoms with Gasteiger partial charge in [-0.25, -0.2) is 0 Å². The minimum Gasteiger partial charge on any atom is -0.465 e. The number of carbonyl (C=O) groups excluding carboxylic acids is 1. The Morgan fingerprint density at radius 3 is 3.00 bits per heavy atom. The number of esters is 1. The predicted octanol–water partition coefficient (Wildman–Crippen LogP) is 2.07. The monoisotopic (exact) mass is 166 g/mol. The van der Waals surface area contributed by atoms with Crippen LogP contribution in [0.2, 0.25) is 0 Å². The van der Waals surface area contributed by atoms with Crippen molar-refractivity contribution < 1.29 is 9.53 Å². The van der Waals surface area contributed by atoms with Crippen LogP contribution in [0, 0.1) is 5.92 Å². The molecule has 0 radical (unpaired) electrons. The van der Waals surface area contributed by atoms with Crippen molar-refractivity contribution in [3.63, 3.8) is 0 Å². The van der Waals surface area contributed by atoms with E-state index in [4.69, 9.17) is 4.74 Å². The smallest absolute Gasteiger partial charge is 0.313 e. The van der Waals surface area contributed by atoms with Crippen LogP contribution in [0.15, 0.2) is 24.3 Å². The highest BCUT2D eigenvalue weighted by molar-refractivity contribution is 5.75. The summed E-state index contributed by atoms with van der Waals surface area (Å²) in [5, 5.41) is 0. The van der Waals surface area contributed by atoms with E-state index in [0.29, 0.717) is 6.61 Å². The molecule has 0 aromatic rings. The van der Waals surface area contributed by atoms with Crippen LogP contribution in [0.3, 0.4) is 0 Å². The van der Waals surface area contributed by atoms with Crippen LogP contribution in [0.1, 0.15) is 19.8 Å². The van der Waals surface area contributed by atoms with Crippen molar-refractivity contribution in [1.82, 2.24) is 0 Å². The highest BCUT2D eigenvalue weighted by atomic mass is 16.5. The van der Waals surface area contributed by atoms with Gasteiger partial charge in [0.2, 0.25) is 0 Å². The van der Waals surface area contributed by atoms with E-state index in [1.54, 1.807) is 0 Å². The Labute approximate surface area is 72.9 Å². The second-order valence-corrected chi connectivity index (χ2v) is 2.82. The topological polar surface area (TPSA) is 26.3 Å². The third-order valence-electron chi connectivity index (χ3n) is 1.73. The minimum atomic E-state index is -0.0996. The molecule has 66 valence electrons. The van der Waals surface area contributed by atoms with Gasteiger partial charge in [0.15, 0.2) is 0 Å². The highest BCUT2D eigenvalue weighted by Gasteiger charge is 2.15. The summed E-state index contributed by atoms with van der Waals surface area (Å²) in [6, 6.07) is 0. The van der Waals surface area contributed by atoms with Crippen molar-refractivity contribution in [2.75, 3.05) is 6.61 Å². The fourth-order valence-corrected chi connectivity index (χ4v) is 1.07. The van der Waals surface area contributed by atoms with Gasteiger partial charge in [0.25, 0.3) is 0 Å². The van der Waals surface area contributed by atoms with Gasteiger partial charge in [0.1, 0.15) is 0 Å². The molecule has 0 fully saturated rings. The van der Waals surface area contributed by atoms with Crippen LogP contribution in [0.4, 0.5) is 0 Å². The summed E-state index contributed by atoms with van der Waals surface area (Å²) in [6.45, 7) is 2.52. The van der Waals surface area contributed by atoms with Gasteiger partial charge < -0.3 is 4.74 Å². The maximum atomic E-state index is 11.2. The lowest BCUT2D eigenvalue weighted by Crippen LogP contribution is -2.16. The highest BCUT2D eigenvalue weighted by Crippen LogP contribution is 2.12. The van der Waals surface area contributed by atoms with E-state index in [0.717, 1.165) is 12.8 Å². The maximum absolute atomic E-state index is 11.2. The molecule has 0 aliphatic heterocycles. The molecule has 0 aromatic carbocycles. The summed E-state index contributed by atoms with van der Waals surface area (Å²) in [5.74, 6) is -0.154. The van der Waals surface area contributed by atoms with E-state index < -0.39 is 0 Å². The Morgan fingerprint density at radius 2 is 2.42 bits per heavy atom. The van der Waals surface area contributed by atoms with E-state index in [-0.39, 0.29) is 11.9 Å². The normalized spacial score (nSPS) is 20.9. The van der Waals surface area contributed by atoms with Crippen LogP contribution < -0.4 is 0 Å². The number of hydrogen-bond acceptors (Lipinski definition) is 2. The summed E-state index contributed by atoms with van der Waals surface area (Å²) in [7, 11) is 0.